The van der Waals surface area contributed by atoms with Crippen LogP contribution in [0.4, 0.5) is 0 Å². The molecule has 6 heteroatoms. The van der Waals surface area contributed by atoms with Crippen molar-refractivity contribution < 1.29 is 23.5 Å². The fourth-order valence-corrected chi connectivity index (χ4v) is 3.71. The third-order valence-electron chi connectivity index (χ3n) is 5.08. The molecular formula is C24H16O6. The van der Waals surface area contributed by atoms with Crippen molar-refractivity contribution in [3.05, 3.63) is 88.5 Å². The first-order valence-corrected chi connectivity index (χ1v) is 9.38. The third kappa shape index (κ3) is 3.18. The number of hydrogen-bond acceptors (Lipinski definition) is 6. The second kappa shape index (κ2) is 7.08. The van der Waals surface area contributed by atoms with Gasteiger partial charge in [-0.25, -0.2) is 4.79 Å². The minimum atomic E-state index is -0.577. The predicted octanol–water partition coefficient (Wildman–Crippen LogP) is 4.68. The van der Waals surface area contributed by atoms with E-state index >= 15 is 0 Å². The highest BCUT2D eigenvalue weighted by atomic mass is 16.5. The molecule has 0 atom stereocenters. The summed E-state index contributed by atoms with van der Waals surface area (Å²) in [4.78, 5) is 24.3. The molecule has 0 aliphatic heterocycles. The van der Waals surface area contributed by atoms with Crippen LogP contribution in [0.3, 0.4) is 0 Å². The minimum Gasteiger partial charge on any atom is -0.508 e. The Morgan fingerprint density at radius 2 is 1.80 bits per heavy atom. The monoisotopic (exact) mass is 400 g/mol. The maximum atomic E-state index is 12.5. The van der Waals surface area contributed by atoms with E-state index in [-0.39, 0.29) is 24.4 Å². The Balaban J connectivity index is 1.41. The van der Waals surface area contributed by atoms with Crippen LogP contribution in [-0.4, -0.2) is 11.1 Å². The summed E-state index contributed by atoms with van der Waals surface area (Å²) in [5.74, 6) is -0.454. The topological polar surface area (TPSA) is 89.9 Å². The van der Waals surface area contributed by atoms with E-state index in [2.05, 4.69) is 0 Å². The summed E-state index contributed by atoms with van der Waals surface area (Å²) in [5, 5.41) is 13.1. The molecule has 6 nitrogen and oxygen atoms in total. The Labute approximate surface area is 169 Å². The van der Waals surface area contributed by atoms with E-state index in [4.69, 9.17) is 13.6 Å². The summed E-state index contributed by atoms with van der Waals surface area (Å²) in [6.45, 7) is -0.0811. The van der Waals surface area contributed by atoms with Gasteiger partial charge in [0.25, 0.3) is 0 Å². The molecule has 5 aromatic rings. The average Bonchev–Trinajstić information content (AvgIpc) is 3.14. The summed E-state index contributed by atoms with van der Waals surface area (Å²) in [5.41, 5.74) is 1.63. The van der Waals surface area contributed by atoms with Crippen molar-refractivity contribution in [3.8, 4) is 5.75 Å². The van der Waals surface area contributed by atoms with Gasteiger partial charge in [-0.1, -0.05) is 30.3 Å². The molecule has 0 amide bonds. The zero-order chi connectivity index (χ0) is 20.7. The van der Waals surface area contributed by atoms with Crippen molar-refractivity contribution in [2.75, 3.05) is 0 Å². The van der Waals surface area contributed by atoms with Gasteiger partial charge < -0.3 is 18.7 Å². The number of carbonyl (C=O) groups is 1. The smallest absolute Gasteiger partial charge is 0.336 e. The maximum absolute atomic E-state index is 12.5. The standard InChI is InChI=1S/C24H16O6/c25-17-6-7-18-15(9-23(27)30-21(18)11-17)12-29-22(26)10-16-13-28-20-8-5-14-3-1-2-4-19(14)24(16)20/h1-9,11,13,25H,10,12H2. The lowest BCUT2D eigenvalue weighted by Crippen LogP contribution is -2.09. The lowest BCUT2D eigenvalue weighted by Gasteiger charge is -2.07. The van der Waals surface area contributed by atoms with Gasteiger partial charge in [-0.05, 0) is 29.0 Å². The second-order valence-corrected chi connectivity index (χ2v) is 7.03. The van der Waals surface area contributed by atoms with Crippen molar-refractivity contribution in [2.45, 2.75) is 13.0 Å². The largest absolute Gasteiger partial charge is 0.508 e. The van der Waals surface area contributed by atoms with Gasteiger partial charge >= 0.3 is 11.6 Å². The molecule has 1 N–H and O–H groups in total. The van der Waals surface area contributed by atoms with Gasteiger partial charge in [0.1, 0.15) is 23.5 Å². The molecule has 0 bridgehead atoms. The Bertz CT molecular complexity index is 1470. The zero-order valence-electron chi connectivity index (χ0n) is 15.8. The highest BCUT2D eigenvalue weighted by molar-refractivity contribution is 6.08. The van der Waals surface area contributed by atoms with Crippen LogP contribution in [0.25, 0.3) is 32.7 Å². The van der Waals surface area contributed by atoms with Crippen LogP contribution in [-0.2, 0) is 22.6 Å². The number of furan rings is 1. The van der Waals surface area contributed by atoms with Crippen LogP contribution in [0.2, 0.25) is 0 Å². The van der Waals surface area contributed by atoms with E-state index < -0.39 is 11.6 Å². The number of carbonyl (C=O) groups excluding carboxylic acids is 1. The average molecular weight is 400 g/mol. The van der Waals surface area contributed by atoms with Crippen molar-refractivity contribution >= 4 is 38.7 Å². The Hall–Kier alpha value is -4.06. The highest BCUT2D eigenvalue weighted by Crippen LogP contribution is 2.30. The normalized spacial score (nSPS) is 11.3. The van der Waals surface area contributed by atoms with Gasteiger partial charge in [0.2, 0.25) is 0 Å². The molecule has 0 aliphatic rings. The second-order valence-electron chi connectivity index (χ2n) is 7.03. The van der Waals surface area contributed by atoms with Gasteiger partial charge in [0, 0.05) is 34.0 Å². The number of fused-ring (bicyclic) bond motifs is 4. The molecule has 2 heterocycles. The molecule has 30 heavy (non-hydrogen) atoms. The number of ether oxygens (including phenoxy) is 1. The highest BCUT2D eigenvalue weighted by Gasteiger charge is 2.15. The fourth-order valence-electron chi connectivity index (χ4n) is 3.71. The van der Waals surface area contributed by atoms with E-state index in [0.29, 0.717) is 16.5 Å². The lowest BCUT2D eigenvalue weighted by molar-refractivity contribution is -0.144. The number of benzene rings is 3. The molecular weight excluding hydrogens is 384 g/mol. The maximum Gasteiger partial charge on any atom is 0.336 e. The van der Waals surface area contributed by atoms with E-state index in [1.807, 2.05) is 36.4 Å². The van der Waals surface area contributed by atoms with Gasteiger partial charge in [0.15, 0.2) is 0 Å². The predicted molar refractivity (Wildman–Crippen MR) is 111 cm³/mol. The van der Waals surface area contributed by atoms with Gasteiger partial charge in [-0.3, -0.25) is 4.79 Å². The SMILES string of the molecule is O=C(Cc1coc2ccc3ccccc3c12)OCc1cc(=O)oc2cc(O)ccc12. The van der Waals surface area contributed by atoms with Crippen LogP contribution >= 0.6 is 0 Å². The molecule has 0 aliphatic carbocycles. The Morgan fingerprint density at radius 1 is 0.933 bits per heavy atom. The summed E-state index contributed by atoms with van der Waals surface area (Å²) < 4.78 is 16.1. The first-order valence-electron chi connectivity index (χ1n) is 9.38. The van der Waals surface area contributed by atoms with Crippen molar-refractivity contribution in [1.82, 2.24) is 0 Å². The quantitative estimate of drug-likeness (QED) is 0.348. The number of esters is 1. The lowest BCUT2D eigenvalue weighted by atomic mass is 10.0. The molecule has 0 saturated carbocycles. The number of rotatable bonds is 4. The molecule has 0 saturated heterocycles. The van der Waals surface area contributed by atoms with E-state index in [0.717, 1.165) is 21.7 Å². The number of phenolic OH excluding ortho intramolecular Hbond substituents is 1. The van der Waals surface area contributed by atoms with Gasteiger partial charge in [0.05, 0.1) is 12.7 Å². The summed E-state index contributed by atoms with van der Waals surface area (Å²) in [6, 6.07) is 17.5. The molecule has 148 valence electrons. The van der Waals surface area contributed by atoms with Crippen LogP contribution in [0.15, 0.2) is 80.6 Å². The van der Waals surface area contributed by atoms with Crippen molar-refractivity contribution in [2.24, 2.45) is 0 Å². The number of phenols is 1. The third-order valence-corrected chi connectivity index (χ3v) is 5.08. The van der Waals surface area contributed by atoms with Crippen LogP contribution in [0, 0.1) is 0 Å². The number of hydrogen-bond donors (Lipinski definition) is 1. The first-order chi connectivity index (χ1) is 14.6. The Morgan fingerprint density at radius 3 is 2.70 bits per heavy atom. The molecule has 3 aromatic carbocycles. The first kappa shape index (κ1) is 18.0. The summed E-state index contributed by atoms with van der Waals surface area (Å²) in [6.07, 6.45) is 1.62. The van der Waals surface area contributed by atoms with Crippen molar-refractivity contribution in [3.63, 3.8) is 0 Å². The van der Waals surface area contributed by atoms with Gasteiger partial charge in [-0.2, -0.15) is 0 Å². The molecule has 2 aromatic heterocycles. The molecule has 0 unspecified atom stereocenters. The van der Waals surface area contributed by atoms with E-state index in [9.17, 15) is 14.7 Å². The van der Waals surface area contributed by atoms with Crippen LogP contribution < -0.4 is 5.63 Å². The van der Waals surface area contributed by atoms with E-state index in [1.54, 1.807) is 12.3 Å². The minimum absolute atomic E-state index is 0.0149. The van der Waals surface area contributed by atoms with E-state index in [1.165, 1.54) is 18.2 Å². The summed E-state index contributed by atoms with van der Waals surface area (Å²) >= 11 is 0. The summed E-state index contributed by atoms with van der Waals surface area (Å²) in [7, 11) is 0. The van der Waals surface area contributed by atoms with Crippen LogP contribution in [0.5, 0.6) is 5.75 Å². The van der Waals surface area contributed by atoms with Crippen LogP contribution in [0.1, 0.15) is 11.1 Å². The molecule has 5 rings (SSSR count). The van der Waals surface area contributed by atoms with Crippen molar-refractivity contribution in [1.29, 1.82) is 0 Å². The Kier molecular flexibility index (Phi) is 4.25. The fraction of sp³-hybridized carbons (Fsp3) is 0.0833. The zero-order valence-corrected chi connectivity index (χ0v) is 15.8. The molecule has 0 spiro atoms. The molecule has 0 fully saturated rings. The number of aromatic hydroxyl groups is 1. The van der Waals surface area contributed by atoms with Gasteiger partial charge in [-0.15, -0.1) is 0 Å². The molecule has 0 radical (unpaired) electrons.